The van der Waals surface area contributed by atoms with Gasteiger partial charge in [-0.1, -0.05) is 41.9 Å². The topological polar surface area (TPSA) is 117 Å². The number of benzene rings is 4. The summed E-state index contributed by atoms with van der Waals surface area (Å²) in [5.41, 5.74) is 12.3. The van der Waals surface area contributed by atoms with Gasteiger partial charge < -0.3 is 29.1 Å². The molecule has 2 heterocycles. The maximum atomic E-state index is 13.2. The Labute approximate surface area is 271 Å². The summed E-state index contributed by atoms with van der Waals surface area (Å²) in [5, 5.41) is 11.6. The number of halogens is 1. The number of rotatable bonds is 8. The van der Waals surface area contributed by atoms with E-state index >= 15 is 0 Å². The van der Waals surface area contributed by atoms with Crippen molar-refractivity contribution >= 4 is 28.5 Å². The molecular formula is C37H31ClN2O6. The fraction of sp³-hybridized carbons (Fsp3) is 0.189. The first kappa shape index (κ1) is 30.6. The van der Waals surface area contributed by atoms with Crippen molar-refractivity contribution in [2.24, 2.45) is 5.73 Å². The SMILES string of the molecule is CCOc1cc(C2C(C#N)=C(N)Oc3cc(OC(=O)c4oc5cc(C)c(C)cc5c4C)ccc32)ccc1OCc1ccccc1Cl. The minimum Gasteiger partial charge on any atom is -0.490 e. The molecule has 1 aliphatic heterocycles. The van der Waals surface area contributed by atoms with Gasteiger partial charge in [0.1, 0.15) is 35.3 Å². The van der Waals surface area contributed by atoms with Gasteiger partial charge in [-0.2, -0.15) is 5.26 Å². The second-order valence-electron chi connectivity index (χ2n) is 11.0. The maximum absolute atomic E-state index is 13.2. The van der Waals surface area contributed by atoms with E-state index in [2.05, 4.69) is 6.07 Å². The van der Waals surface area contributed by atoms with Crippen molar-refractivity contribution < 1.29 is 28.2 Å². The van der Waals surface area contributed by atoms with Crippen molar-refractivity contribution in [2.45, 2.75) is 40.2 Å². The van der Waals surface area contributed by atoms with E-state index in [4.69, 9.17) is 40.7 Å². The van der Waals surface area contributed by atoms with E-state index in [0.29, 0.717) is 45.6 Å². The second kappa shape index (κ2) is 12.5. The summed E-state index contributed by atoms with van der Waals surface area (Å²) in [4.78, 5) is 13.2. The predicted octanol–water partition coefficient (Wildman–Crippen LogP) is 8.43. The molecule has 1 unspecified atom stereocenters. The van der Waals surface area contributed by atoms with Crippen molar-refractivity contribution in [1.29, 1.82) is 5.26 Å². The number of hydrogen-bond acceptors (Lipinski definition) is 8. The summed E-state index contributed by atoms with van der Waals surface area (Å²) < 4.78 is 29.5. The van der Waals surface area contributed by atoms with Crippen LogP contribution in [0.3, 0.4) is 0 Å². The van der Waals surface area contributed by atoms with Gasteiger partial charge in [0.05, 0.1) is 12.5 Å². The number of allylic oxidation sites excluding steroid dienone is 1. The Bertz CT molecular complexity index is 2070. The molecule has 0 bridgehead atoms. The minimum absolute atomic E-state index is 0.0423. The molecule has 0 spiro atoms. The lowest BCUT2D eigenvalue weighted by Gasteiger charge is -2.27. The number of nitrogens with zero attached hydrogens (tertiary/aromatic N) is 1. The summed E-state index contributed by atoms with van der Waals surface area (Å²) in [7, 11) is 0. The van der Waals surface area contributed by atoms with Crippen molar-refractivity contribution in [3.8, 4) is 29.1 Å². The Balaban J connectivity index is 1.30. The molecule has 1 atom stereocenters. The number of nitriles is 1. The highest BCUT2D eigenvalue weighted by atomic mass is 35.5. The molecule has 1 aromatic heterocycles. The molecule has 232 valence electrons. The fourth-order valence-corrected chi connectivity index (χ4v) is 5.72. The van der Waals surface area contributed by atoms with Gasteiger partial charge in [-0.3, -0.25) is 0 Å². The van der Waals surface area contributed by atoms with Gasteiger partial charge in [-0.05, 0) is 80.8 Å². The molecule has 0 saturated heterocycles. The van der Waals surface area contributed by atoms with E-state index in [9.17, 15) is 10.1 Å². The Morgan fingerprint density at radius 1 is 0.978 bits per heavy atom. The van der Waals surface area contributed by atoms with Gasteiger partial charge in [0.2, 0.25) is 11.6 Å². The van der Waals surface area contributed by atoms with Crippen molar-refractivity contribution in [3.63, 3.8) is 0 Å². The highest BCUT2D eigenvalue weighted by Crippen LogP contribution is 2.45. The highest BCUT2D eigenvalue weighted by molar-refractivity contribution is 6.31. The summed E-state index contributed by atoms with van der Waals surface area (Å²) >= 11 is 6.31. The van der Waals surface area contributed by atoms with Crippen LogP contribution in [0.25, 0.3) is 11.0 Å². The van der Waals surface area contributed by atoms with Crippen LogP contribution in [-0.2, 0) is 6.61 Å². The third-order valence-corrected chi connectivity index (χ3v) is 8.45. The van der Waals surface area contributed by atoms with Crippen molar-refractivity contribution in [2.75, 3.05) is 6.61 Å². The number of nitrogens with two attached hydrogens (primary N) is 1. The number of hydrogen-bond donors (Lipinski definition) is 1. The molecule has 1 aliphatic rings. The van der Waals surface area contributed by atoms with E-state index in [-0.39, 0.29) is 29.6 Å². The van der Waals surface area contributed by atoms with Gasteiger partial charge in [0, 0.05) is 33.2 Å². The molecule has 0 amide bonds. The fourth-order valence-electron chi connectivity index (χ4n) is 5.53. The Morgan fingerprint density at radius 3 is 2.52 bits per heavy atom. The zero-order chi connectivity index (χ0) is 32.5. The van der Waals surface area contributed by atoms with E-state index in [0.717, 1.165) is 27.6 Å². The second-order valence-corrected chi connectivity index (χ2v) is 11.4. The van der Waals surface area contributed by atoms with Gasteiger partial charge in [-0.15, -0.1) is 0 Å². The summed E-state index contributed by atoms with van der Waals surface area (Å²) in [6, 6.07) is 24.1. The van der Waals surface area contributed by atoms with E-state index in [1.54, 1.807) is 24.3 Å². The summed E-state index contributed by atoms with van der Waals surface area (Å²) in [6.07, 6.45) is 0. The maximum Gasteiger partial charge on any atom is 0.379 e. The van der Waals surface area contributed by atoms with Gasteiger partial charge in [0.25, 0.3) is 0 Å². The van der Waals surface area contributed by atoms with Crippen LogP contribution in [-0.4, -0.2) is 12.6 Å². The van der Waals surface area contributed by atoms with Crippen LogP contribution in [0.1, 0.15) is 56.8 Å². The lowest BCUT2D eigenvalue weighted by atomic mass is 9.83. The first-order valence-corrected chi connectivity index (χ1v) is 15.1. The first-order chi connectivity index (χ1) is 22.2. The molecular weight excluding hydrogens is 604 g/mol. The van der Waals surface area contributed by atoms with Crippen molar-refractivity contribution in [1.82, 2.24) is 0 Å². The largest absolute Gasteiger partial charge is 0.490 e. The van der Waals surface area contributed by atoms with E-state index in [1.807, 2.05) is 76.2 Å². The Morgan fingerprint density at radius 2 is 1.76 bits per heavy atom. The third kappa shape index (κ3) is 5.73. The smallest absolute Gasteiger partial charge is 0.379 e. The van der Waals surface area contributed by atoms with Crippen LogP contribution in [0.15, 0.2) is 88.7 Å². The molecule has 0 aliphatic carbocycles. The molecule has 8 nitrogen and oxygen atoms in total. The van der Waals surface area contributed by atoms with E-state index in [1.165, 1.54) is 0 Å². The number of ether oxygens (including phenoxy) is 4. The van der Waals surface area contributed by atoms with Crippen LogP contribution in [0, 0.1) is 32.1 Å². The lowest BCUT2D eigenvalue weighted by molar-refractivity contribution is 0.0702. The molecule has 0 saturated carbocycles. The van der Waals surface area contributed by atoms with Crippen molar-refractivity contribution in [3.05, 3.63) is 128 Å². The number of aryl methyl sites for hydroxylation is 3. The first-order valence-electron chi connectivity index (χ1n) is 14.8. The quantitative estimate of drug-likeness (QED) is 0.133. The van der Waals surface area contributed by atoms with Crippen LogP contribution in [0.4, 0.5) is 0 Å². The highest BCUT2D eigenvalue weighted by Gasteiger charge is 2.32. The van der Waals surface area contributed by atoms with Crippen LogP contribution in [0.5, 0.6) is 23.0 Å². The molecule has 9 heteroatoms. The summed E-state index contributed by atoms with van der Waals surface area (Å²) in [6.45, 7) is 8.37. The average Bonchev–Trinajstić information content (AvgIpc) is 3.35. The van der Waals surface area contributed by atoms with Gasteiger partial charge in [0.15, 0.2) is 11.5 Å². The normalized spacial score (nSPS) is 14.0. The molecule has 6 rings (SSSR count). The minimum atomic E-state index is -0.633. The standard InChI is InChI=1S/C37H31ClN2O6/c1-5-42-33-16-23(10-13-30(33)43-19-24-8-6-7-9-29(24)38)34-26-12-11-25(17-32(26)46-36(40)28(34)18-39)44-37(41)35-22(4)27-14-20(2)21(3)15-31(27)45-35/h6-17,34H,5,19,40H2,1-4H3. The number of fused-ring (bicyclic) bond motifs is 2. The Hall–Kier alpha value is -5.39. The number of esters is 1. The number of carbonyl (C=O) groups excluding carboxylic acids is 1. The van der Waals surface area contributed by atoms with Crippen LogP contribution in [0.2, 0.25) is 5.02 Å². The molecule has 4 aromatic carbocycles. The molecule has 0 fully saturated rings. The zero-order valence-corrected chi connectivity index (χ0v) is 26.5. The summed E-state index contributed by atoms with van der Waals surface area (Å²) in [5.74, 6) is 0.514. The zero-order valence-electron chi connectivity index (χ0n) is 25.8. The van der Waals surface area contributed by atoms with E-state index < -0.39 is 11.9 Å². The van der Waals surface area contributed by atoms with Gasteiger partial charge in [-0.25, -0.2) is 4.79 Å². The monoisotopic (exact) mass is 634 g/mol. The molecule has 0 radical (unpaired) electrons. The Kier molecular flexibility index (Phi) is 8.35. The van der Waals surface area contributed by atoms with Crippen LogP contribution >= 0.6 is 11.6 Å². The predicted molar refractivity (Wildman–Crippen MR) is 175 cm³/mol. The molecule has 5 aromatic rings. The third-order valence-electron chi connectivity index (χ3n) is 8.08. The molecule has 46 heavy (non-hydrogen) atoms. The average molecular weight is 635 g/mol. The molecule has 2 N–H and O–H groups in total. The van der Waals surface area contributed by atoms with Crippen LogP contribution < -0.4 is 24.7 Å². The van der Waals surface area contributed by atoms with Gasteiger partial charge >= 0.3 is 5.97 Å². The number of furan rings is 1. The number of carbonyl (C=O) groups is 1. The lowest BCUT2D eigenvalue weighted by Crippen LogP contribution is -2.21.